The van der Waals surface area contributed by atoms with Crippen LogP contribution >= 0.6 is 11.6 Å². The predicted octanol–water partition coefficient (Wildman–Crippen LogP) is 4.86. The van der Waals surface area contributed by atoms with Crippen molar-refractivity contribution in [1.82, 2.24) is 14.8 Å². The van der Waals surface area contributed by atoms with E-state index in [1.165, 1.54) is 18.3 Å². The molecule has 0 radical (unpaired) electrons. The second-order valence-corrected chi connectivity index (χ2v) is 9.74. The Labute approximate surface area is 206 Å². The van der Waals surface area contributed by atoms with Crippen LogP contribution in [0.2, 0.25) is 5.02 Å². The number of anilines is 1. The van der Waals surface area contributed by atoms with Gasteiger partial charge in [0, 0.05) is 38.3 Å². The van der Waals surface area contributed by atoms with Gasteiger partial charge < -0.3 is 9.80 Å². The molecule has 1 aromatic carbocycles. The molecule has 2 aromatic rings. The predicted molar refractivity (Wildman–Crippen MR) is 126 cm³/mol. The quantitative estimate of drug-likeness (QED) is 0.553. The van der Waals surface area contributed by atoms with Crippen molar-refractivity contribution >= 4 is 28.9 Å². The van der Waals surface area contributed by atoms with Gasteiger partial charge in [-0.1, -0.05) is 23.7 Å². The Morgan fingerprint density at radius 1 is 1.11 bits per heavy atom. The average molecular weight is 509 g/mol. The van der Waals surface area contributed by atoms with Crippen molar-refractivity contribution in [3.8, 4) is 0 Å². The van der Waals surface area contributed by atoms with E-state index in [0.29, 0.717) is 38.2 Å². The smallest absolute Gasteiger partial charge is 0.347 e. The number of halogens is 5. The number of amides is 1. The molecule has 2 fully saturated rings. The van der Waals surface area contributed by atoms with Crippen molar-refractivity contribution in [2.75, 3.05) is 37.6 Å². The van der Waals surface area contributed by atoms with Gasteiger partial charge >= 0.3 is 6.18 Å². The molecule has 35 heavy (non-hydrogen) atoms. The number of nitrogens with zero attached hydrogens (tertiary/aromatic N) is 4. The first-order valence-corrected chi connectivity index (χ1v) is 12.0. The molecule has 1 amide bonds. The molecular weight excluding hydrogens is 484 g/mol. The molecule has 2 atom stereocenters. The second-order valence-electron chi connectivity index (χ2n) is 9.33. The molecule has 0 N–H and O–H groups in total. The minimum absolute atomic E-state index is 0.0521. The molecule has 4 heterocycles. The van der Waals surface area contributed by atoms with E-state index in [4.69, 9.17) is 11.6 Å². The molecular formula is C25H25ClF4N4O. The lowest BCUT2D eigenvalue weighted by molar-refractivity contribution is -0.137. The Morgan fingerprint density at radius 2 is 1.86 bits per heavy atom. The summed E-state index contributed by atoms with van der Waals surface area (Å²) in [5.74, 6) is 0.428. The topological polar surface area (TPSA) is 39.7 Å². The van der Waals surface area contributed by atoms with Gasteiger partial charge in [0.05, 0.1) is 23.3 Å². The Bertz CT molecular complexity index is 1120. The summed E-state index contributed by atoms with van der Waals surface area (Å²) in [7, 11) is 0. The number of piperazine rings is 1. The second kappa shape index (κ2) is 9.43. The van der Waals surface area contributed by atoms with E-state index in [0.717, 1.165) is 30.3 Å². The van der Waals surface area contributed by atoms with Crippen LogP contribution in [0, 0.1) is 5.82 Å². The summed E-state index contributed by atoms with van der Waals surface area (Å²) in [6.07, 6.45) is 1.09. The molecule has 0 spiro atoms. The van der Waals surface area contributed by atoms with Crippen molar-refractivity contribution in [3.63, 3.8) is 0 Å². The van der Waals surface area contributed by atoms with E-state index in [9.17, 15) is 22.4 Å². The molecule has 186 valence electrons. The minimum Gasteiger partial charge on any atom is -0.347 e. The summed E-state index contributed by atoms with van der Waals surface area (Å²) in [4.78, 5) is 23.4. The molecule has 2 saturated heterocycles. The number of carbonyl (C=O) groups excluding carboxylic acids is 1. The number of carbonyl (C=O) groups is 1. The Hall–Kier alpha value is -2.65. The van der Waals surface area contributed by atoms with Gasteiger partial charge in [-0.05, 0) is 54.7 Å². The van der Waals surface area contributed by atoms with Crippen LogP contribution in [0.1, 0.15) is 30.4 Å². The minimum atomic E-state index is -4.50. The molecule has 5 nitrogen and oxygen atoms in total. The lowest BCUT2D eigenvalue weighted by Crippen LogP contribution is -2.57. The normalized spacial score (nSPS) is 22.9. The molecule has 1 aromatic heterocycles. The number of rotatable bonds is 4. The van der Waals surface area contributed by atoms with E-state index in [1.807, 2.05) is 15.9 Å². The van der Waals surface area contributed by atoms with Crippen molar-refractivity contribution in [3.05, 3.63) is 64.6 Å². The fourth-order valence-electron chi connectivity index (χ4n) is 5.35. The van der Waals surface area contributed by atoms with Crippen LogP contribution in [-0.4, -0.2) is 65.5 Å². The highest BCUT2D eigenvalue weighted by Gasteiger charge is 2.42. The summed E-state index contributed by atoms with van der Waals surface area (Å²) < 4.78 is 52.9. The standard InChI is InChI=1S/C25H25ClF4N4O/c26-22-5-1-17(11-21(22)25(28,29)30)16-7-9-32(10-8-16)15-24(35)33-13-19-3-4-20(14-33)34(19)23-6-2-18(27)12-31-23/h1-2,5-7,11-12,19-20H,3-4,8-10,13-15H2. The van der Waals surface area contributed by atoms with Crippen LogP contribution in [0.5, 0.6) is 0 Å². The number of alkyl halides is 3. The van der Waals surface area contributed by atoms with Crippen molar-refractivity contribution in [1.29, 1.82) is 0 Å². The molecule has 0 aliphatic carbocycles. The molecule has 3 aliphatic rings. The van der Waals surface area contributed by atoms with Gasteiger partial charge in [0.1, 0.15) is 11.6 Å². The highest BCUT2D eigenvalue weighted by atomic mass is 35.5. The largest absolute Gasteiger partial charge is 0.417 e. The van der Waals surface area contributed by atoms with E-state index in [1.54, 1.807) is 12.1 Å². The van der Waals surface area contributed by atoms with Gasteiger partial charge in [-0.3, -0.25) is 9.69 Å². The maximum atomic E-state index is 13.3. The van der Waals surface area contributed by atoms with Crippen LogP contribution < -0.4 is 4.90 Å². The summed E-state index contributed by atoms with van der Waals surface area (Å²) in [6, 6.07) is 7.41. The SMILES string of the molecule is O=C(CN1CC=C(c2ccc(Cl)c(C(F)(F)F)c2)CC1)N1CC2CCC(C1)N2c1ccc(F)cn1. The number of pyridine rings is 1. The summed E-state index contributed by atoms with van der Waals surface area (Å²) in [6.45, 7) is 2.57. The first-order chi connectivity index (χ1) is 16.7. The summed E-state index contributed by atoms with van der Waals surface area (Å²) in [5, 5.41) is -0.311. The van der Waals surface area contributed by atoms with Gasteiger partial charge in [0.15, 0.2) is 0 Å². The molecule has 3 aliphatic heterocycles. The first kappa shape index (κ1) is 24.1. The van der Waals surface area contributed by atoms with Gasteiger partial charge in [0.25, 0.3) is 0 Å². The third kappa shape index (κ3) is 5.02. The number of fused-ring (bicyclic) bond motifs is 2. The zero-order valence-electron chi connectivity index (χ0n) is 18.9. The number of likely N-dealkylation sites (tertiary alicyclic amines) is 1. The van der Waals surface area contributed by atoms with E-state index in [-0.39, 0.29) is 35.4 Å². The Kier molecular flexibility index (Phi) is 6.48. The van der Waals surface area contributed by atoms with Crippen molar-refractivity contribution in [2.24, 2.45) is 0 Å². The highest BCUT2D eigenvalue weighted by molar-refractivity contribution is 6.31. The molecule has 2 unspecified atom stereocenters. The van der Waals surface area contributed by atoms with Crippen LogP contribution in [0.4, 0.5) is 23.4 Å². The number of benzene rings is 1. The van der Waals surface area contributed by atoms with Gasteiger partial charge in [0.2, 0.25) is 5.91 Å². The number of hydrogen-bond donors (Lipinski definition) is 0. The molecule has 10 heteroatoms. The summed E-state index contributed by atoms with van der Waals surface area (Å²) in [5.41, 5.74) is 0.504. The number of hydrogen-bond acceptors (Lipinski definition) is 4. The van der Waals surface area contributed by atoms with Crippen LogP contribution in [0.25, 0.3) is 5.57 Å². The third-order valence-electron chi connectivity index (χ3n) is 7.11. The Morgan fingerprint density at radius 3 is 2.46 bits per heavy atom. The van der Waals surface area contributed by atoms with Crippen LogP contribution in [0.3, 0.4) is 0 Å². The zero-order valence-corrected chi connectivity index (χ0v) is 19.7. The zero-order chi connectivity index (χ0) is 24.7. The van der Waals surface area contributed by atoms with E-state index in [2.05, 4.69) is 9.88 Å². The maximum absolute atomic E-state index is 13.3. The summed E-state index contributed by atoms with van der Waals surface area (Å²) >= 11 is 5.74. The highest BCUT2D eigenvalue weighted by Crippen LogP contribution is 2.37. The fourth-order valence-corrected chi connectivity index (χ4v) is 5.58. The fraction of sp³-hybridized carbons (Fsp3) is 0.440. The van der Waals surface area contributed by atoms with Crippen molar-refractivity contribution in [2.45, 2.75) is 37.5 Å². The van der Waals surface area contributed by atoms with Crippen LogP contribution in [-0.2, 0) is 11.0 Å². The first-order valence-electron chi connectivity index (χ1n) is 11.7. The van der Waals surface area contributed by atoms with Gasteiger partial charge in [-0.25, -0.2) is 9.37 Å². The van der Waals surface area contributed by atoms with E-state index >= 15 is 0 Å². The molecule has 2 bridgehead atoms. The van der Waals surface area contributed by atoms with Gasteiger partial charge in [-0.2, -0.15) is 13.2 Å². The van der Waals surface area contributed by atoms with Crippen LogP contribution in [0.15, 0.2) is 42.6 Å². The lowest BCUT2D eigenvalue weighted by atomic mass is 9.97. The van der Waals surface area contributed by atoms with Gasteiger partial charge in [-0.15, -0.1) is 0 Å². The lowest BCUT2D eigenvalue weighted by Gasteiger charge is -2.42. The molecule has 5 rings (SSSR count). The van der Waals surface area contributed by atoms with E-state index < -0.39 is 11.7 Å². The monoisotopic (exact) mass is 508 g/mol. The molecule has 0 saturated carbocycles. The van der Waals surface area contributed by atoms with Crippen molar-refractivity contribution < 1.29 is 22.4 Å². The average Bonchev–Trinajstić information content (AvgIpc) is 3.08. The Balaban J connectivity index is 1.19. The number of aromatic nitrogens is 1. The maximum Gasteiger partial charge on any atom is 0.417 e. The third-order valence-corrected chi connectivity index (χ3v) is 7.44.